The number of amides is 2. The van der Waals surface area contributed by atoms with Crippen LogP contribution in [0.4, 0.5) is 18.9 Å². The molecule has 2 aromatic rings. The first-order chi connectivity index (χ1) is 15.5. The van der Waals surface area contributed by atoms with Gasteiger partial charge in [-0.3, -0.25) is 9.59 Å². The van der Waals surface area contributed by atoms with E-state index in [1.54, 1.807) is 12.1 Å². The van der Waals surface area contributed by atoms with E-state index in [9.17, 15) is 27.6 Å². The molecule has 8 nitrogen and oxygen atoms in total. The Morgan fingerprint density at radius 3 is 2.33 bits per heavy atom. The molecule has 33 heavy (non-hydrogen) atoms. The van der Waals surface area contributed by atoms with Crippen LogP contribution in [0.15, 0.2) is 48.5 Å². The maximum absolute atomic E-state index is 12.6. The number of ether oxygens (including phenoxy) is 3. The number of esters is 1. The first-order valence-electron chi connectivity index (χ1n) is 9.45. The van der Waals surface area contributed by atoms with E-state index in [4.69, 9.17) is 19.9 Å². The molecule has 2 rings (SSSR count). The number of halogens is 3. The standard InChI is InChI=1S/C22H21F3N2O6/c1-13(21(30)27-16-7-5-15(6-8-16)22(23,24)25)33-20(29)10-4-14-3-9-17(18(11-14)31-2)32-12-19(26)28/h3-11,13H,12H2,1-2H3,(H2,26,28)(H,27,30). The van der Waals surface area contributed by atoms with Gasteiger partial charge in [0.15, 0.2) is 24.2 Å². The van der Waals surface area contributed by atoms with Gasteiger partial charge in [-0.1, -0.05) is 6.07 Å². The summed E-state index contributed by atoms with van der Waals surface area (Å²) >= 11 is 0. The molecule has 11 heteroatoms. The van der Waals surface area contributed by atoms with E-state index in [-0.39, 0.29) is 18.0 Å². The Morgan fingerprint density at radius 1 is 1.09 bits per heavy atom. The van der Waals surface area contributed by atoms with E-state index in [1.807, 2.05) is 0 Å². The van der Waals surface area contributed by atoms with Gasteiger partial charge in [-0.2, -0.15) is 13.2 Å². The highest BCUT2D eigenvalue weighted by atomic mass is 19.4. The Morgan fingerprint density at radius 2 is 1.76 bits per heavy atom. The molecule has 1 atom stereocenters. The fourth-order valence-electron chi connectivity index (χ4n) is 2.47. The number of hydrogen-bond acceptors (Lipinski definition) is 6. The van der Waals surface area contributed by atoms with E-state index in [0.717, 1.165) is 30.3 Å². The van der Waals surface area contributed by atoms with E-state index in [1.165, 1.54) is 26.2 Å². The van der Waals surface area contributed by atoms with E-state index in [2.05, 4.69) is 5.32 Å². The predicted octanol–water partition coefficient (Wildman–Crippen LogP) is 3.16. The molecule has 2 amide bonds. The number of hydrogen-bond donors (Lipinski definition) is 2. The van der Waals surface area contributed by atoms with Crippen molar-refractivity contribution in [2.75, 3.05) is 19.0 Å². The SMILES string of the molecule is COc1cc(C=CC(=O)OC(C)C(=O)Nc2ccc(C(F)(F)F)cc2)ccc1OCC(N)=O. The summed E-state index contributed by atoms with van der Waals surface area (Å²) in [5.74, 6) is -1.60. The molecule has 0 aliphatic carbocycles. The topological polar surface area (TPSA) is 117 Å². The highest BCUT2D eigenvalue weighted by Gasteiger charge is 2.30. The number of alkyl halides is 3. The third-order valence-electron chi connectivity index (χ3n) is 4.11. The van der Waals surface area contributed by atoms with Crippen LogP contribution < -0.4 is 20.5 Å². The summed E-state index contributed by atoms with van der Waals surface area (Å²) in [5, 5.41) is 2.37. The maximum atomic E-state index is 12.6. The van der Waals surface area contributed by atoms with Gasteiger partial charge in [0.25, 0.3) is 11.8 Å². The molecule has 0 saturated heterocycles. The lowest BCUT2D eigenvalue weighted by molar-refractivity contribution is -0.148. The minimum Gasteiger partial charge on any atom is -0.493 e. The molecule has 0 heterocycles. The van der Waals surface area contributed by atoms with E-state index >= 15 is 0 Å². The zero-order chi connectivity index (χ0) is 24.6. The molecular weight excluding hydrogens is 445 g/mol. The molecule has 2 aromatic carbocycles. The lowest BCUT2D eigenvalue weighted by Gasteiger charge is -2.13. The number of benzene rings is 2. The highest BCUT2D eigenvalue weighted by Crippen LogP contribution is 2.30. The average molecular weight is 466 g/mol. The molecule has 0 saturated carbocycles. The van der Waals surface area contributed by atoms with Crippen molar-refractivity contribution in [2.24, 2.45) is 5.73 Å². The summed E-state index contributed by atoms with van der Waals surface area (Å²) in [4.78, 5) is 35.0. The van der Waals surface area contributed by atoms with Gasteiger partial charge in [0.05, 0.1) is 12.7 Å². The third kappa shape index (κ3) is 7.87. The second-order valence-electron chi connectivity index (χ2n) is 6.64. The Bertz CT molecular complexity index is 1040. The maximum Gasteiger partial charge on any atom is 0.416 e. The molecule has 176 valence electrons. The quantitative estimate of drug-likeness (QED) is 0.433. The summed E-state index contributed by atoms with van der Waals surface area (Å²) in [6.07, 6.45) is -3.20. The molecule has 0 fully saturated rings. The monoisotopic (exact) mass is 466 g/mol. The summed E-state index contributed by atoms with van der Waals surface area (Å²) in [6.45, 7) is 0.989. The van der Waals surface area contributed by atoms with Gasteiger partial charge in [0.1, 0.15) is 0 Å². The van der Waals surface area contributed by atoms with Crippen LogP contribution in [0.25, 0.3) is 6.08 Å². The summed E-state index contributed by atoms with van der Waals surface area (Å²) in [6, 6.07) is 8.50. The van der Waals surface area contributed by atoms with Crippen LogP contribution in [0, 0.1) is 0 Å². The lowest BCUT2D eigenvalue weighted by atomic mass is 10.2. The van der Waals surface area contributed by atoms with Gasteiger partial charge in [0.2, 0.25) is 0 Å². The number of carbonyl (C=O) groups excluding carboxylic acids is 3. The molecule has 0 bridgehead atoms. The fourth-order valence-corrected chi connectivity index (χ4v) is 2.47. The van der Waals surface area contributed by atoms with Crippen LogP contribution in [0.1, 0.15) is 18.1 Å². The van der Waals surface area contributed by atoms with Crippen molar-refractivity contribution in [3.05, 3.63) is 59.7 Å². The highest BCUT2D eigenvalue weighted by molar-refractivity contribution is 5.96. The molecular formula is C22H21F3N2O6. The number of carbonyl (C=O) groups is 3. The Hall–Kier alpha value is -4.02. The molecule has 0 aromatic heterocycles. The minimum atomic E-state index is -4.49. The normalized spacial score (nSPS) is 12.2. The third-order valence-corrected chi connectivity index (χ3v) is 4.11. The minimum absolute atomic E-state index is 0.122. The number of rotatable bonds is 9. The first kappa shape index (κ1) is 25.2. The van der Waals surface area contributed by atoms with Crippen molar-refractivity contribution in [3.63, 3.8) is 0 Å². The molecule has 0 aliphatic rings. The lowest BCUT2D eigenvalue weighted by Crippen LogP contribution is -2.29. The van der Waals surface area contributed by atoms with Gasteiger partial charge in [-0.15, -0.1) is 0 Å². The Labute approximate surface area is 187 Å². The second kappa shape index (κ2) is 11.0. The zero-order valence-electron chi connectivity index (χ0n) is 17.6. The first-order valence-corrected chi connectivity index (χ1v) is 9.45. The zero-order valence-corrected chi connectivity index (χ0v) is 17.6. The van der Waals surface area contributed by atoms with Gasteiger partial charge < -0.3 is 25.3 Å². The van der Waals surface area contributed by atoms with E-state index < -0.39 is 35.6 Å². The fraction of sp³-hybridized carbons (Fsp3) is 0.227. The number of nitrogens with two attached hydrogens (primary N) is 1. The smallest absolute Gasteiger partial charge is 0.416 e. The largest absolute Gasteiger partial charge is 0.493 e. The predicted molar refractivity (Wildman–Crippen MR) is 112 cm³/mol. The van der Waals surface area contributed by atoms with Gasteiger partial charge >= 0.3 is 12.1 Å². The van der Waals surface area contributed by atoms with Gasteiger partial charge in [-0.25, -0.2) is 4.79 Å². The number of nitrogens with one attached hydrogen (secondary N) is 1. The second-order valence-corrected chi connectivity index (χ2v) is 6.64. The van der Waals surface area contributed by atoms with Crippen molar-refractivity contribution in [1.82, 2.24) is 0 Å². The summed E-state index contributed by atoms with van der Waals surface area (Å²) < 4.78 is 53.2. The summed E-state index contributed by atoms with van der Waals surface area (Å²) in [7, 11) is 1.39. The molecule has 0 radical (unpaired) electrons. The van der Waals surface area contributed by atoms with Crippen LogP contribution in [0.5, 0.6) is 11.5 Å². The molecule has 1 unspecified atom stereocenters. The van der Waals surface area contributed by atoms with Crippen LogP contribution in [-0.4, -0.2) is 37.6 Å². The number of primary amides is 1. The van der Waals surface area contributed by atoms with Crippen molar-refractivity contribution in [1.29, 1.82) is 0 Å². The average Bonchev–Trinajstić information content (AvgIpc) is 2.76. The van der Waals surface area contributed by atoms with Gasteiger partial charge in [0, 0.05) is 11.8 Å². The van der Waals surface area contributed by atoms with Crippen molar-refractivity contribution in [3.8, 4) is 11.5 Å². The van der Waals surface area contributed by atoms with E-state index in [0.29, 0.717) is 11.3 Å². The molecule has 0 spiro atoms. The number of anilines is 1. The van der Waals surface area contributed by atoms with Crippen molar-refractivity contribution < 1.29 is 41.8 Å². The van der Waals surface area contributed by atoms with Gasteiger partial charge in [-0.05, 0) is 55.0 Å². The number of methoxy groups -OCH3 is 1. The Kier molecular flexibility index (Phi) is 8.43. The van der Waals surface area contributed by atoms with Crippen molar-refractivity contribution >= 4 is 29.5 Å². The van der Waals surface area contributed by atoms with Crippen LogP contribution >= 0.6 is 0 Å². The summed E-state index contributed by atoms with van der Waals surface area (Å²) in [5.41, 5.74) is 4.84. The van der Waals surface area contributed by atoms with Crippen LogP contribution in [0.2, 0.25) is 0 Å². The van der Waals surface area contributed by atoms with Crippen LogP contribution in [0.3, 0.4) is 0 Å². The molecule has 3 N–H and O–H groups in total. The Balaban J connectivity index is 1.93. The molecule has 0 aliphatic heterocycles. The van der Waals surface area contributed by atoms with Crippen LogP contribution in [-0.2, 0) is 25.3 Å². The van der Waals surface area contributed by atoms with Crippen molar-refractivity contribution in [2.45, 2.75) is 19.2 Å².